The topological polar surface area (TPSA) is 79.8 Å². The average Bonchev–Trinajstić information content (AvgIpc) is 3.07. The molecule has 1 aromatic carbocycles. The highest BCUT2D eigenvalue weighted by Gasteiger charge is 2.19. The summed E-state index contributed by atoms with van der Waals surface area (Å²) in [6, 6.07) is 3.37. The summed E-state index contributed by atoms with van der Waals surface area (Å²) < 4.78 is 24.8. The molecule has 3 N–H and O–H groups in total. The molecule has 2 amide bonds. The summed E-state index contributed by atoms with van der Waals surface area (Å²) in [6.07, 6.45) is 2.42. The van der Waals surface area contributed by atoms with Crippen molar-refractivity contribution in [1.82, 2.24) is 5.32 Å². The number of hydrogen-bond donors (Lipinski definition) is 3. The van der Waals surface area contributed by atoms with Gasteiger partial charge in [-0.15, -0.1) is 0 Å². The number of benzene rings is 1. The number of nitrogens with one attached hydrogen (secondary N) is 2. The number of carbonyl (C=O) groups is 1. The van der Waals surface area contributed by atoms with Crippen molar-refractivity contribution in [2.45, 2.75) is 45.3 Å². The third-order valence-corrected chi connectivity index (χ3v) is 4.20. The Bertz CT molecular complexity index is 562. The maximum absolute atomic E-state index is 13.6. The van der Waals surface area contributed by atoms with E-state index in [1.54, 1.807) is 0 Å². The van der Waals surface area contributed by atoms with Gasteiger partial charge in [0.1, 0.15) is 18.2 Å². The molecule has 25 heavy (non-hydrogen) atoms. The Hall–Kier alpha value is -1.86. The Labute approximate surface area is 147 Å². The smallest absolute Gasteiger partial charge is 0.319 e. The predicted octanol–water partition coefficient (Wildman–Crippen LogP) is 2.91. The van der Waals surface area contributed by atoms with E-state index in [4.69, 9.17) is 14.6 Å². The van der Waals surface area contributed by atoms with Crippen molar-refractivity contribution >= 4 is 11.7 Å². The number of urea groups is 1. The summed E-state index contributed by atoms with van der Waals surface area (Å²) in [5.74, 6) is 0.103. The Morgan fingerprint density at radius 2 is 2.28 bits per heavy atom. The molecule has 2 unspecified atom stereocenters. The maximum Gasteiger partial charge on any atom is 0.319 e. The average molecular weight is 354 g/mol. The van der Waals surface area contributed by atoms with E-state index in [0.29, 0.717) is 18.8 Å². The summed E-state index contributed by atoms with van der Waals surface area (Å²) >= 11 is 0. The minimum Gasteiger partial charge on any atom is -0.489 e. The molecule has 0 bridgehead atoms. The second-order valence-electron chi connectivity index (χ2n) is 6.55. The number of anilines is 1. The molecule has 140 valence electrons. The zero-order chi connectivity index (χ0) is 18.2. The summed E-state index contributed by atoms with van der Waals surface area (Å²) in [6.45, 7) is 4.99. The number of halogens is 1. The molecule has 0 spiro atoms. The van der Waals surface area contributed by atoms with E-state index < -0.39 is 11.8 Å². The van der Waals surface area contributed by atoms with Crippen LogP contribution >= 0.6 is 0 Å². The van der Waals surface area contributed by atoms with E-state index in [1.165, 1.54) is 18.2 Å². The molecule has 1 aliphatic heterocycles. The van der Waals surface area contributed by atoms with Crippen LogP contribution in [0.4, 0.5) is 14.9 Å². The van der Waals surface area contributed by atoms with Crippen LogP contribution in [0.3, 0.4) is 0 Å². The van der Waals surface area contributed by atoms with Crippen LogP contribution in [0.25, 0.3) is 0 Å². The van der Waals surface area contributed by atoms with Gasteiger partial charge in [-0.05, 0) is 37.3 Å². The van der Waals surface area contributed by atoms with Crippen molar-refractivity contribution < 1.29 is 23.8 Å². The van der Waals surface area contributed by atoms with Gasteiger partial charge in [0.05, 0.1) is 11.8 Å². The highest BCUT2D eigenvalue weighted by molar-refractivity contribution is 5.91. The van der Waals surface area contributed by atoms with E-state index in [9.17, 15) is 9.18 Å². The van der Waals surface area contributed by atoms with E-state index >= 15 is 0 Å². The SMILES string of the molecule is CC(C)C(CCO)NC(=O)Nc1cc(F)ccc1OCC1CCCO1. The van der Waals surface area contributed by atoms with Crippen molar-refractivity contribution in [3.63, 3.8) is 0 Å². The summed E-state index contributed by atoms with van der Waals surface area (Å²) in [7, 11) is 0. The first-order chi connectivity index (χ1) is 12.0. The van der Waals surface area contributed by atoms with Crippen molar-refractivity contribution in [1.29, 1.82) is 0 Å². The first-order valence-electron chi connectivity index (χ1n) is 8.72. The molecular formula is C18H27FN2O4. The molecule has 1 fully saturated rings. The number of aliphatic hydroxyl groups is 1. The van der Waals surface area contributed by atoms with Crippen LogP contribution in [0.15, 0.2) is 18.2 Å². The van der Waals surface area contributed by atoms with Crippen molar-refractivity contribution in [3.8, 4) is 5.75 Å². The molecule has 2 rings (SSSR count). The number of carbonyl (C=O) groups excluding carboxylic acids is 1. The molecular weight excluding hydrogens is 327 g/mol. The van der Waals surface area contributed by atoms with Gasteiger partial charge in [0.2, 0.25) is 0 Å². The maximum atomic E-state index is 13.6. The lowest BCUT2D eigenvalue weighted by molar-refractivity contribution is 0.0682. The van der Waals surface area contributed by atoms with E-state index in [2.05, 4.69) is 10.6 Å². The molecule has 1 aromatic rings. The number of rotatable bonds is 8. The van der Waals surface area contributed by atoms with Crippen molar-refractivity contribution in [2.24, 2.45) is 5.92 Å². The Balaban J connectivity index is 1.98. The van der Waals surface area contributed by atoms with Crippen molar-refractivity contribution in [3.05, 3.63) is 24.0 Å². The fraction of sp³-hybridized carbons (Fsp3) is 0.611. The molecule has 7 heteroatoms. The van der Waals surface area contributed by atoms with Gasteiger partial charge in [-0.1, -0.05) is 13.8 Å². The van der Waals surface area contributed by atoms with Crippen LogP contribution in [0.1, 0.15) is 33.1 Å². The van der Waals surface area contributed by atoms with Gasteiger partial charge in [-0.2, -0.15) is 0 Å². The highest BCUT2D eigenvalue weighted by atomic mass is 19.1. The standard InChI is InChI=1S/C18H27FN2O4/c1-12(2)15(7-8-22)20-18(23)21-16-10-13(19)5-6-17(16)25-11-14-4-3-9-24-14/h5-6,10,12,14-15,22H,3-4,7-9,11H2,1-2H3,(H2,20,21,23). The van der Waals surface area contributed by atoms with E-state index in [1.807, 2.05) is 13.8 Å². The molecule has 0 aromatic heterocycles. The number of ether oxygens (including phenoxy) is 2. The molecule has 1 aliphatic rings. The van der Waals surface area contributed by atoms with Gasteiger partial charge in [-0.3, -0.25) is 0 Å². The monoisotopic (exact) mass is 354 g/mol. The fourth-order valence-corrected chi connectivity index (χ4v) is 2.72. The first-order valence-corrected chi connectivity index (χ1v) is 8.72. The second-order valence-corrected chi connectivity index (χ2v) is 6.55. The molecule has 1 heterocycles. The van der Waals surface area contributed by atoms with Crippen molar-refractivity contribution in [2.75, 3.05) is 25.1 Å². The van der Waals surface area contributed by atoms with Gasteiger partial charge in [0.15, 0.2) is 0 Å². The number of amides is 2. The Morgan fingerprint density at radius 3 is 2.92 bits per heavy atom. The minimum absolute atomic E-state index is 0.0150. The number of aliphatic hydroxyl groups excluding tert-OH is 1. The lowest BCUT2D eigenvalue weighted by atomic mass is 10.0. The van der Waals surface area contributed by atoms with Crippen LogP contribution in [0.2, 0.25) is 0 Å². The van der Waals surface area contributed by atoms with Gasteiger partial charge in [-0.25, -0.2) is 9.18 Å². The van der Waals surface area contributed by atoms with E-state index in [0.717, 1.165) is 19.4 Å². The quantitative estimate of drug-likeness (QED) is 0.671. The minimum atomic E-state index is -0.462. The van der Waals surface area contributed by atoms with Crippen LogP contribution < -0.4 is 15.4 Å². The largest absolute Gasteiger partial charge is 0.489 e. The summed E-state index contributed by atoms with van der Waals surface area (Å²) in [5, 5.41) is 14.5. The number of hydrogen-bond acceptors (Lipinski definition) is 4. The third kappa shape index (κ3) is 6.17. The van der Waals surface area contributed by atoms with Gasteiger partial charge < -0.3 is 25.2 Å². The third-order valence-electron chi connectivity index (χ3n) is 4.20. The Kier molecular flexibility index (Phi) is 7.46. The molecule has 0 aliphatic carbocycles. The van der Waals surface area contributed by atoms with Gasteiger partial charge >= 0.3 is 6.03 Å². The molecule has 6 nitrogen and oxygen atoms in total. The van der Waals surface area contributed by atoms with Gasteiger partial charge in [0, 0.05) is 25.3 Å². The Morgan fingerprint density at radius 1 is 1.48 bits per heavy atom. The van der Waals surface area contributed by atoms with Crippen LogP contribution in [0, 0.1) is 11.7 Å². The van der Waals surface area contributed by atoms with Crippen LogP contribution in [-0.4, -0.2) is 43.1 Å². The second kappa shape index (κ2) is 9.58. The van der Waals surface area contributed by atoms with E-state index in [-0.39, 0.29) is 30.4 Å². The summed E-state index contributed by atoms with van der Waals surface area (Å²) in [4.78, 5) is 12.2. The first kappa shape index (κ1) is 19.5. The summed E-state index contributed by atoms with van der Waals surface area (Å²) in [5.41, 5.74) is 0.266. The van der Waals surface area contributed by atoms with Crippen LogP contribution in [0.5, 0.6) is 5.75 Å². The molecule has 1 saturated heterocycles. The normalized spacial score (nSPS) is 18.2. The molecule has 2 atom stereocenters. The van der Waals surface area contributed by atoms with Gasteiger partial charge in [0.25, 0.3) is 0 Å². The van der Waals surface area contributed by atoms with Crippen LogP contribution in [-0.2, 0) is 4.74 Å². The molecule has 0 saturated carbocycles. The lowest BCUT2D eigenvalue weighted by Crippen LogP contribution is -2.41. The zero-order valence-corrected chi connectivity index (χ0v) is 14.8. The zero-order valence-electron chi connectivity index (χ0n) is 14.8. The lowest BCUT2D eigenvalue weighted by Gasteiger charge is -2.22. The predicted molar refractivity (Wildman–Crippen MR) is 93.4 cm³/mol. The highest BCUT2D eigenvalue weighted by Crippen LogP contribution is 2.26. The molecule has 0 radical (unpaired) electrons. The fourth-order valence-electron chi connectivity index (χ4n) is 2.72.